The maximum atomic E-state index is 11.9. The number of nitrogens with one attached hydrogen (secondary N) is 1. The van der Waals surface area contributed by atoms with Gasteiger partial charge in [0.25, 0.3) is 5.91 Å². The van der Waals surface area contributed by atoms with Crippen LogP contribution in [-0.2, 0) is 4.79 Å². The highest BCUT2D eigenvalue weighted by atomic mass is 16.5. The van der Waals surface area contributed by atoms with Gasteiger partial charge < -0.3 is 15.2 Å². The summed E-state index contributed by atoms with van der Waals surface area (Å²) in [5.74, 6) is 1.14. The lowest BCUT2D eigenvalue weighted by molar-refractivity contribution is -0.127. The number of aliphatic hydroxyl groups excluding tert-OH is 1. The van der Waals surface area contributed by atoms with Crippen molar-refractivity contribution < 1.29 is 14.6 Å². The summed E-state index contributed by atoms with van der Waals surface area (Å²) in [6, 6.07) is 5.50. The molecule has 0 heterocycles. The lowest BCUT2D eigenvalue weighted by Gasteiger charge is -2.17. The van der Waals surface area contributed by atoms with Gasteiger partial charge in [-0.15, -0.1) is 0 Å². The van der Waals surface area contributed by atoms with Gasteiger partial charge in [0.05, 0.1) is 6.10 Å². The van der Waals surface area contributed by atoms with E-state index in [0.717, 1.165) is 17.5 Å². The van der Waals surface area contributed by atoms with Crippen molar-refractivity contribution in [3.63, 3.8) is 0 Å². The molecule has 0 saturated heterocycles. The van der Waals surface area contributed by atoms with Gasteiger partial charge in [0, 0.05) is 6.54 Å². The van der Waals surface area contributed by atoms with Crippen molar-refractivity contribution >= 4 is 5.91 Å². The molecule has 0 saturated carbocycles. The molecule has 0 radical (unpaired) electrons. The maximum absolute atomic E-state index is 11.9. The third-order valence-corrected chi connectivity index (χ3v) is 3.38. The van der Waals surface area contributed by atoms with Crippen LogP contribution in [0.25, 0.3) is 0 Å². The van der Waals surface area contributed by atoms with E-state index in [4.69, 9.17) is 4.74 Å². The number of rotatable bonds is 7. The Morgan fingerprint density at radius 1 is 1.29 bits per heavy atom. The van der Waals surface area contributed by atoms with Crippen molar-refractivity contribution in [3.8, 4) is 5.75 Å². The SMILES string of the molecule is Cc1cc([C@@H](C)O)ccc1OC(C)C(=O)NCCC(C)C. The number of hydrogen-bond acceptors (Lipinski definition) is 3. The number of carbonyl (C=O) groups is 1. The molecule has 0 bridgehead atoms. The molecule has 1 aromatic rings. The van der Waals surface area contributed by atoms with Gasteiger partial charge in [-0.3, -0.25) is 4.79 Å². The van der Waals surface area contributed by atoms with Crippen LogP contribution in [0.1, 0.15) is 51.3 Å². The number of ether oxygens (including phenoxy) is 1. The third kappa shape index (κ3) is 5.76. The zero-order valence-electron chi connectivity index (χ0n) is 13.6. The van der Waals surface area contributed by atoms with E-state index in [0.29, 0.717) is 18.2 Å². The second kappa shape index (κ2) is 8.03. The summed E-state index contributed by atoms with van der Waals surface area (Å²) in [6.07, 6.45) is -0.0802. The van der Waals surface area contributed by atoms with Crippen molar-refractivity contribution in [2.45, 2.75) is 53.2 Å². The summed E-state index contributed by atoms with van der Waals surface area (Å²) in [6.45, 7) is 10.3. The first-order chi connectivity index (χ1) is 9.81. The number of hydrogen-bond donors (Lipinski definition) is 2. The Bertz CT molecular complexity index is 469. The molecule has 4 nitrogen and oxygen atoms in total. The van der Waals surface area contributed by atoms with E-state index in [9.17, 15) is 9.90 Å². The average molecular weight is 293 g/mol. The molecule has 118 valence electrons. The predicted octanol–water partition coefficient (Wildman–Crippen LogP) is 2.98. The van der Waals surface area contributed by atoms with Crippen LogP contribution in [-0.4, -0.2) is 23.7 Å². The fourth-order valence-corrected chi connectivity index (χ4v) is 1.94. The molecule has 0 spiro atoms. The standard InChI is InChI=1S/C17H27NO3/c1-11(2)8-9-18-17(20)14(5)21-16-7-6-15(13(4)19)10-12(16)3/h6-7,10-11,13-14,19H,8-9H2,1-5H3,(H,18,20)/t13-,14?/m1/s1. The minimum absolute atomic E-state index is 0.102. The van der Waals surface area contributed by atoms with Gasteiger partial charge in [-0.1, -0.05) is 19.9 Å². The number of carbonyl (C=O) groups excluding carboxylic acids is 1. The van der Waals surface area contributed by atoms with Gasteiger partial charge in [0.1, 0.15) is 5.75 Å². The van der Waals surface area contributed by atoms with E-state index >= 15 is 0 Å². The molecular weight excluding hydrogens is 266 g/mol. The summed E-state index contributed by atoms with van der Waals surface area (Å²) in [4.78, 5) is 11.9. The summed E-state index contributed by atoms with van der Waals surface area (Å²) in [5, 5.41) is 12.4. The molecule has 0 fully saturated rings. The molecule has 21 heavy (non-hydrogen) atoms. The summed E-state index contributed by atoms with van der Waals surface area (Å²) < 4.78 is 5.71. The van der Waals surface area contributed by atoms with E-state index in [-0.39, 0.29) is 5.91 Å². The van der Waals surface area contributed by atoms with Crippen molar-refractivity contribution in [1.82, 2.24) is 5.32 Å². The van der Waals surface area contributed by atoms with Crippen LogP contribution in [0.15, 0.2) is 18.2 Å². The Kier molecular flexibility index (Phi) is 6.69. The highest BCUT2D eigenvalue weighted by Crippen LogP contribution is 2.23. The van der Waals surface area contributed by atoms with Crippen LogP contribution in [0, 0.1) is 12.8 Å². The molecule has 0 aliphatic carbocycles. The normalized spacial score (nSPS) is 13.9. The van der Waals surface area contributed by atoms with Crippen molar-refractivity contribution in [2.24, 2.45) is 5.92 Å². The molecule has 1 aromatic carbocycles. The molecule has 1 unspecified atom stereocenters. The summed E-state index contributed by atoms with van der Waals surface area (Å²) in [7, 11) is 0. The van der Waals surface area contributed by atoms with Crippen molar-refractivity contribution in [2.75, 3.05) is 6.54 Å². The smallest absolute Gasteiger partial charge is 0.260 e. The van der Waals surface area contributed by atoms with Crippen LogP contribution >= 0.6 is 0 Å². The van der Waals surface area contributed by atoms with Gasteiger partial charge in [-0.2, -0.15) is 0 Å². The number of amides is 1. The van der Waals surface area contributed by atoms with Gasteiger partial charge >= 0.3 is 0 Å². The molecule has 0 aromatic heterocycles. The fourth-order valence-electron chi connectivity index (χ4n) is 1.94. The highest BCUT2D eigenvalue weighted by molar-refractivity contribution is 5.80. The summed E-state index contributed by atoms with van der Waals surface area (Å²) >= 11 is 0. The second-order valence-corrected chi connectivity index (χ2v) is 5.93. The van der Waals surface area contributed by atoms with Crippen molar-refractivity contribution in [3.05, 3.63) is 29.3 Å². The monoisotopic (exact) mass is 293 g/mol. The quantitative estimate of drug-likeness (QED) is 0.812. The first-order valence-electron chi connectivity index (χ1n) is 7.54. The fraction of sp³-hybridized carbons (Fsp3) is 0.588. The zero-order valence-corrected chi connectivity index (χ0v) is 13.6. The molecule has 1 rings (SSSR count). The molecule has 2 N–H and O–H groups in total. The molecule has 0 aliphatic heterocycles. The van der Waals surface area contributed by atoms with Crippen molar-refractivity contribution in [1.29, 1.82) is 0 Å². The summed E-state index contributed by atoms with van der Waals surface area (Å²) in [5.41, 5.74) is 1.75. The topological polar surface area (TPSA) is 58.6 Å². The van der Waals surface area contributed by atoms with E-state index < -0.39 is 12.2 Å². The first-order valence-corrected chi connectivity index (χ1v) is 7.54. The Hall–Kier alpha value is -1.55. The van der Waals surface area contributed by atoms with Crippen LogP contribution < -0.4 is 10.1 Å². The Morgan fingerprint density at radius 3 is 2.48 bits per heavy atom. The minimum Gasteiger partial charge on any atom is -0.481 e. The van der Waals surface area contributed by atoms with Gasteiger partial charge in [-0.25, -0.2) is 0 Å². The Balaban J connectivity index is 2.58. The highest BCUT2D eigenvalue weighted by Gasteiger charge is 2.15. The third-order valence-electron chi connectivity index (χ3n) is 3.38. The lowest BCUT2D eigenvalue weighted by atomic mass is 10.1. The van der Waals surface area contributed by atoms with Gasteiger partial charge in [-0.05, 0) is 56.4 Å². The number of benzene rings is 1. The number of aliphatic hydroxyl groups is 1. The second-order valence-electron chi connectivity index (χ2n) is 5.93. The molecule has 4 heteroatoms. The molecule has 1 amide bonds. The van der Waals surface area contributed by atoms with E-state index in [1.807, 2.05) is 19.1 Å². The number of aryl methyl sites for hydroxylation is 1. The van der Waals surface area contributed by atoms with E-state index in [2.05, 4.69) is 19.2 Å². The first kappa shape index (κ1) is 17.5. The average Bonchev–Trinajstić information content (AvgIpc) is 2.40. The van der Waals surface area contributed by atoms with Gasteiger partial charge in [0.15, 0.2) is 6.10 Å². The van der Waals surface area contributed by atoms with Crippen LogP contribution in [0.3, 0.4) is 0 Å². The molecule has 0 aliphatic rings. The minimum atomic E-state index is -0.534. The molecule has 2 atom stereocenters. The van der Waals surface area contributed by atoms with Gasteiger partial charge in [0.2, 0.25) is 0 Å². The maximum Gasteiger partial charge on any atom is 0.260 e. The predicted molar refractivity (Wildman–Crippen MR) is 84.4 cm³/mol. The zero-order chi connectivity index (χ0) is 16.0. The van der Waals surface area contributed by atoms with Crippen LogP contribution in [0.4, 0.5) is 0 Å². The van der Waals surface area contributed by atoms with Crippen LogP contribution in [0.2, 0.25) is 0 Å². The Labute approximate surface area is 127 Å². The van der Waals surface area contributed by atoms with E-state index in [1.54, 1.807) is 19.9 Å². The lowest BCUT2D eigenvalue weighted by Crippen LogP contribution is -2.37. The van der Waals surface area contributed by atoms with Crippen LogP contribution in [0.5, 0.6) is 5.75 Å². The molecular formula is C17H27NO3. The Morgan fingerprint density at radius 2 is 1.95 bits per heavy atom. The van der Waals surface area contributed by atoms with E-state index in [1.165, 1.54) is 0 Å². The largest absolute Gasteiger partial charge is 0.481 e.